The van der Waals surface area contributed by atoms with E-state index in [1.165, 1.54) is 28.1 Å². The van der Waals surface area contributed by atoms with Crippen molar-refractivity contribution in [3.8, 4) is 0 Å². The molecule has 0 spiro atoms. The second kappa shape index (κ2) is 9.78. The molecule has 0 aliphatic rings. The van der Waals surface area contributed by atoms with E-state index in [1.807, 2.05) is 25.1 Å². The van der Waals surface area contributed by atoms with Crippen molar-refractivity contribution < 1.29 is 15.0 Å². The van der Waals surface area contributed by atoms with Crippen molar-refractivity contribution >= 4 is 33.3 Å². The Balaban J connectivity index is 1.72. The third-order valence-corrected chi connectivity index (χ3v) is 5.93. The van der Waals surface area contributed by atoms with Gasteiger partial charge in [-0.2, -0.15) is 0 Å². The van der Waals surface area contributed by atoms with Crippen LogP contribution in [0, 0.1) is 6.92 Å². The predicted octanol–water partition coefficient (Wildman–Crippen LogP) is 2.47. The Bertz CT molecular complexity index is 961. The number of hydrogen-bond acceptors (Lipinski definition) is 7. The summed E-state index contributed by atoms with van der Waals surface area (Å²) in [6.07, 6.45) is 2.49. The van der Waals surface area contributed by atoms with Gasteiger partial charge < -0.3 is 20.4 Å². The van der Waals surface area contributed by atoms with Gasteiger partial charge in [0.25, 0.3) is 5.91 Å². The molecule has 2 heterocycles. The van der Waals surface area contributed by atoms with E-state index in [1.54, 1.807) is 7.05 Å². The van der Waals surface area contributed by atoms with Crippen LogP contribution in [0.3, 0.4) is 0 Å². The van der Waals surface area contributed by atoms with Crippen LogP contribution in [0.25, 0.3) is 10.2 Å². The van der Waals surface area contributed by atoms with Gasteiger partial charge in [-0.15, -0.1) is 11.3 Å². The summed E-state index contributed by atoms with van der Waals surface area (Å²) in [5.74, 6) is 0.530. The number of rotatable bonds is 9. The van der Waals surface area contributed by atoms with Crippen molar-refractivity contribution in [3.05, 3.63) is 52.7 Å². The molecule has 3 aromatic rings. The largest absolute Gasteiger partial charge is 0.394 e. The molecule has 1 aromatic carbocycles. The Morgan fingerprint density at radius 1 is 1.28 bits per heavy atom. The van der Waals surface area contributed by atoms with Crippen LogP contribution in [-0.2, 0) is 6.42 Å². The lowest BCUT2D eigenvalue weighted by atomic mass is 10.1. The Labute approximate surface area is 174 Å². The Hall–Kier alpha value is -2.55. The summed E-state index contributed by atoms with van der Waals surface area (Å²) in [5, 5.41) is 22.8. The average molecular weight is 415 g/mol. The zero-order valence-electron chi connectivity index (χ0n) is 16.6. The van der Waals surface area contributed by atoms with Crippen LogP contribution in [-0.4, -0.2) is 63.8 Å². The van der Waals surface area contributed by atoms with Crippen LogP contribution in [0.4, 0.5) is 5.82 Å². The normalized spacial score (nSPS) is 12.1. The van der Waals surface area contributed by atoms with Crippen LogP contribution in [0.15, 0.2) is 36.7 Å². The number of aliphatic hydroxyl groups excluding tert-OH is 2. The summed E-state index contributed by atoms with van der Waals surface area (Å²) >= 11 is 1.32. The third kappa shape index (κ3) is 5.09. The van der Waals surface area contributed by atoms with E-state index < -0.39 is 6.10 Å². The molecule has 0 unspecified atom stereocenters. The number of thiophene rings is 1. The number of amides is 1. The van der Waals surface area contributed by atoms with Gasteiger partial charge in [0.15, 0.2) is 0 Å². The summed E-state index contributed by atoms with van der Waals surface area (Å²) in [4.78, 5) is 24.2. The molecule has 7 nitrogen and oxygen atoms in total. The van der Waals surface area contributed by atoms with E-state index in [0.29, 0.717) is 4.88 Å². The number of nitrogens with one attached hydrogen (secondary N) is 1. The minimum Gasteiger partial charge on any atom is -0.394 e. The summed E-state index contributed by atoms with van der Waals surface area (Å²) in [6, 6.07) is 10.3. The fraction of sp³-hybridized carbons (Fsp3) is 0.381. The van der Waals surface area contributed by atoms with Crippen LogP contribution in [0.5, 0.6) is 0 Å². The van der Waals surface area contributed by atoms with Gasteiger partial charge in [-0.05, 0) is 30.9 Å². The zero-order chi connectivity index (χ0) is 20.8. The van der Waals surface area contributed by atoms with Gasteiger partial charge in [-0.3, -0.25) is 4.79 Å². The minimum absolute atomic E-state index is 0.0687. The summed E-state index contributed by atoms with van der Waals surface area (Å²) in [7, 11) is 1.61. The molecule has 29 heavy (non-hydrogen) atoms. The molecule has 0 fully saturated rings. The maximum Gasteiger partial charge on any atom is 0.264 e. The number of aromatic nitrogens is 2. The number of aryl methyl sites for hydroxylation is 2. The number of nitrogens with zero attached hydrogens (tertiary/aromatic N) is 3. The van der Waals surface area contributed by atoms with E-state index >= 15 is 0 Å². The molecular weight excluding hydrogens is 388 g/mol. The number of aliphatic hydroxyl groups is 2. The fourth-order valence-corrected chi connectivity index (χ4v) is 4.33. The molecule has 154 valence electrons. The number of likely N-dealkylation sites (N-methyl/N-ethyl adjacent to an activating group) is 1. The lowest BCUT2D eigenvalue weighted by molar-refractivity contribution is 0.0523. The highest BCUT2D eigenvalue weighted by Crippen LogP contribution is 2.33. The van der Waals surface area contributed by atoms with E-state index in [9.17, 15) is 9.90 Å². The topological polar surface area (TPSA) is 98.6 Å². The van der Waals surface area contributed by atoms with Crippen LogP contribution < -0.4 is 5.32 Å². The molecule has 0 radical (unpaired) electrons. The second-order valence-electron chi connectivity index (χ2n) is 7.00. The van der Waals surface area contributed by atoms with Gasteiger partial charge in [-0.25, -0.2) is 9.97 Å². The lowest BCUT2D eigenvalue weighted by Gasteiger charge is -2.19. The number of anilines is 1. The molecule has 1 amide bonds. The molecule has 2 aromatic heterocycles. The van der Waals surface area contributed by atoms with Crippen LogP contribution in [0.1, 0.15) is 27.2 Å². The monoisotopic (exact) mass is 414 g/mol. The van der Waals surface area contributed by atoms with Gasteiger partial charge >= 0.3 is 0 Å². The molecule has 8 heteroatoms. The average Bonchev–Trinajstić information content (AvgIpc) is 3.08. The highest BCUT2D eigenvalue weighted by atomic mass is 32.1. The van der Waals surface area contributed by atoms with E-state index in [0.717, 1.165) is 41.0 Å². The minimum atomic E-state index is -0.958. The van der Waals surface area contributed by atoms with Crippen molar-refractivity contribution in [3.63, 3.8) is 0 Å². The van der Waals surface area contributed by atoms with Crippen molar-refractivity contribution in [1.29, 1.82) is 0 Å². The molecule has 3 N–H and O–H groups in total. The van der Waals surface area contributed by atoms with Gasteiger partial charge in [0.05, 0.1) is 23.0 Å². The Kier molecular flexibility index (Phi) is 7.13. The number of carbonyl (C=O) groups excluding carboxylic acids is 1. The number of hydrogen-bond donors (Lipinski definition) is 3. The van der Waals surface area contributed by atoms with Gasteiger partial charge in [0.1, 0.15) is 17.0 Å². The van der Waals surface area contributed by atoms with Crippen molar-refractivity contribution in [2.75, 3.05) is 32.1 Å². The van der Waals surface area contributed by atoms with Gasteiger partial charge in [0.2, 0.25) is 0 Å². The Morgan fingerprint density at radius 3 is 2.76 bits per heavy atom. The third-order valence-electron chi connectivity index (χ3n) is 4.74. The zero-order valence-corrected chi connectivity index (χ0v) is 17.4. The van der Waals surface area contributed by atoms with E-state index in [2.05, 4.69) is 27.4 Å². The van der Waals surface area contributed by atoms with Crippen LogP contribution >= 0.6 is 11.3 Å². The summed E-state index contributed by atoms with van der Waals surface area (Å²) in [5.41, 5.74) is 2.13. The molecule has 0 bridgehead atoms. The molecule has 0 saturated heterocycles. The standard InChI is InChI=1S/C21H26N4O3S/c1-14-17-19(22-10-6-9-15-7-4-3-5-8-15)23-13-24-20(17)29-18(14)21(28)25(2)11-16(27)12-26/h3-5,7-8,13,16,26-27H,6,9-12H2,1-2H3,(H,22,23,24)/t16-/m0/s1. The first-order chi connectivity index (χ1) is 14.0. The molecule has 1 atom stereocenters. The van der Waals surface area contributed by atoms with E-state index in [4.69, 9.17) is 5.11 Å². The number of carbonyl (C=O) groups is 1. The van der Waals surface area contributed by atoms with Crippen LogP contribution in [0.2, 0.25) is 0 Å². The quantitative estimate of drug-likeness (QED) is 0.465. The fourth-order valence-electron chi connectivity index (χ4n) is 3.18. The molecular formula is C21H26N4O3S. The first-order valence-corrected chi connectivity index (χ1v) is 10.4. The SMILES string of the molecule is Cc1c(C(=O)N(C)C[C@H](O)CO)sc2ncnc(NCCCc3ccccc3)c12. The predicted molar refractivity (Wildman–Crippen MR) is 115 cm³/mol. The molecule has 0 aliphatic carbocycles. The highest BCUT2D eigenvalue weighted by Gasteiger charge is 2.23. The maximum absolute atomic E-state index is 12.8. The van der Waals surface area contributed by atoms with E-state index in [-0.39, 0.29) is 19.1 Å². The van der Waals surface area contributed by atoms with Gasteiger partial charge in [-0.1, -0.05) is 30.3 Å². The number of fused-ring (bicyclic) bond motifs is 1. The first kappa shape index (κ1) is 21.2. The molecule has 0 aliphatic heterocycles. The summed E-state index contributed by atoms with van der Waals surface area (Å²) in [6.45, 7) is 2.34. The molecule has 3 rings (SSSR count). The van der Waals surface area contributed by atoms with Crippen molar-refractivity contribution in [2.45, 2.75) is 25.9 Å². The lowest BCUT2D eigenvalue weighted by Crippen LogP contribution is -2.35. The van der Waals surface area contributed by atoms with Crippen molar-refractivity contribution in [2.24, 2.45) is 0 Å². The Morgan fingerprint density at radius 2 is 2.03 bits per heavy atom. The highest BCUT2D eigenvalue weighted by molar-refractivity contribution is 7.20. The van der Waals surface area contributed by atoms with Crippen molar-refractivity contribution in [1.82, 2.24) is 14.9 Å². The smallest absolute Gasteiger partial charge is 0.264 e. The molecule has 0 saturated carbocycles. The first-order valence-electron chi connectivity index (χ1n) is 9.57. The number of benzene rings is 1. The second-order valence-corrected chi connectivity index (χ2v) is 8.00. The van der Waals surface area contributed by atoms with Gasteiger partial charge in [0, 0.05) is 20.1 Å². The summed E-state index contributed by atoms with van der Waals surface area (Å²) < 4.78 is 0. The maximum atomic E-state index is 12.8.